The Labute approximate surface area is 143 Å². The Balaban J connectivity index is 1.78. The SMILES string of the molecule is COc1ccc(C(=O)Nc2ccccc2C(=O)Nn2cnnc2)cc1. The fourth-order valence-electron chi connectivity index (χ4n) is 2.16. The zero-order valence-electron chi connectivity index (χ0n) is 13.3. The molecule has 126 valence electrons. The molecule has 0 saturated carbocycles. The van der Waals surface area contributed by atoms with Crippen molar-refractivity contribution in [2.24, 2.45) is 0 Å². The average molecular weight is 337 g/mol. The number of ether oxygens (including phenoxy) is 1. The second-order valence-electron chi connectivity index (χ2n) is 5.04. The Kier molecular flexibility index (Phi) is 4.70. The monoisotopic (exact) mass is 337 g/mol. The van der Waals surface area contributed by atoms with E-state index in [9.17, 15) is 9.59 Å². The van der Waals surface area contributed by atoms with Crippen molar-refractivity contribution < 1.29 is 14.3 Å². The number of anilines is 1. The van der Waals surface area contributed by atoms with Gasteiger partial charge in [-0.05, 0) is 36.4 Å². The third kappa shape index (κ3) is 3.81. The van der Waals surface area contributed by atoms with E-state index < -0.39 is 5.91 Å². The number of nitrogens with one attached hydrogen (secondary N) is 2. The minimum Gasteiger partial charge on any atom is -0.497 e. The molecule has 0 bridgehead atoms. The van der Waals surface area contributed by atoms with E-state index in [1.165, 1.54) is 17.3 Å². The van der Waals surface area contributed by atoms with Crippen LogP contribution in [0.15, 0.2) is 61.2 Å². The van der Waals surface area contributed by atoms with Gasteiger partial charge in [-0.3, -0.25) is 15.0 Å². The van der Waals surface area contributed by atoms with Crippen molar-refractivity contribution in [1.29, 1.82) is 0 Å². The fraction of sp³-hybridized carbons (Fsp3) is 0.0588. The number of amides is 2. The number of para-hydroxylation sites is 1. The minimum atomic E-state index is -0.398. The summed E-state index contributed by atoms with van der Waals surface area (Å²) in [5, 5.41) is 9.97. The van der Waals surface area contributed by atoms with Crippen molar-refractivity contribution in [3.05, 3.63) is 72.3 Å². The van der Waals surface area contributed by atoms with Gasteiger partial charge in [0.15, 0.2) is 0 Å². The van der Waals surface area contributed by atoms with Gasteiger partial charge in [-0.2, -0.15) is 0 Å². The maximum atomic E-state index is 12.4. The molecule has 25 heavy (non-hydrogen) atoms. The molecule has 0 aliphatic rings. The van der Waals surface area contributed by atoms with Crippen molar-refractivity contribution in [1.82, 2.24) is 14.9 Å². The van der Waals surface area contributed by atoms with Crippen LogP contribution in [-0.4, -0.2) is 33.8 Å². The molecule has 8 nitrogen and oxygen atoms in total. The molecule has 1 aromatic heterocycles. The molecule has 0 saturated heterocycles. The quantitative estimate of drug-likeness (QED) is 0.741. The predicted molar refractivity (Wildman–Crippen MR) is 91.1 cm³/mol. The average Bonchev–Trinajstić information content (AvgIpc) is 3.15. The number of methoxy groups -OCH3 is 1. The van der Waals surface area contributed by atoms with Crippen LogP contribution in [0.2, 0.25) is 0 Å². The van der Waals surface area contributed by atoms with E-state index in [-0.39, 0.29) is 5.91 Å². The van der Waals surface area contributed by atoms with Crippen molar-refractivity contribution in [3.63, 3.8) is 0 Å². The highest BCUT2D eigenvalue weighted by molar-refractivity contribution is 6.10. The predicted octanol–water partition coefficient (Wildman–Crippen LogP) is 1.92. The molecule has 0 aliphatic heterocycles. The molecule has 2 aromatic carbocycles. The van der Waals surface area contributed by atoms with Gasteiger partial charge >= 0.3 is 0 Å². The number of nitrogens with zero attached hydrogens (tertiary/aromatic N) is 3. The van der Waals surface area contributed by atoms with E-state index in [1.807, 2.05) is 0 Å². The van der Waals surface area contributed by atoms with Gasteiger partial charge in [0, 0.05) is 5.56 Å². The van der Waals surface area contributed by atoms with E-state index in [0.717, 1.165) is 0 Å². The van der Waals surface area contributed by atoms with Crippen molar-refractivity contribution in [3.8, 4) is 5.75 Å². The molecule has 0 atom stereocenters. The Hall–Kier alpha value is -3.68. The molecule has 3 aromatic rings. The van der Waals surface area contributed by atoms with Crippen LogP contribution in [0.4, 0.5) is 5.69 Å². The normalized spacial score (nSPS) is 10.1. The smallest absolute Gasteiger partial charge is 0.272 e. The van der Waals surface area contributed by atoms with E-state index in [0.29, 0.717) is 22.6 Å². The fourth-order valence-corrected chi connectivity index (χ4v) is 2.16. The van der Waals surface area contributed by atoms with Crippen LogP contribution in [0.1, 0.15) is 20.7 Å². The zero-order valence-corrected chi connectivity index (χ0v) is 13.3. The van der Waals surface area contributed by atoms with Crippen LogP contribution in [0, 0.1) is 0 Å². The highest BCUT2D eigenvalue weighted by atomic mass is 16.5. The summed E-state index contributed by atoms with van der Waals surface area (Å²) < 4.78 is 6.39. The first-order valence-corrected chi connectivity index (χ1v) is 7.38. The number of carbonyl (C=O) groups excluding carboxylic acids is 2. The van der Waals surface area contributed by atoms with Crippen LogP contribution in [0.25, 0.3) is 0 Å². The van der Waals surface area contributed by atoms with Gasteiger partial charge in [0.25, 0.3) is 11.8 Å². The van der Waals surface area contributed by atoms with Gasteiger partial charge in [-0.1, -0.05) is 12.1 Å². The van der Waals surface area contributed by atoms with E-state index in [1.54, 1.807) is 55.6 Å². The highest BCUT2D eigenvalue weighted by Gasteiger charge is 2.14. The molecule has 8 heteroatoms. The molecule has 3 rings (SSSR count). The number of hydrogen-bond donors (Lipinski definition) is 2. The summed E-state index contributed by atoms with van der Waals surface area (Å²) in [4.78, 5) is 24.8. The van der Waals surface area contributed by atoms with Crippen LogP contribution in [0.3, 0.4) is 0 Å². The molecule has 0 fully saturated rings. The van der Waals surface area contributed by atoms with Gasteiger partial charge in [-0.15, -0.1) is 10.2 Å². The van der Waals surface area contributed by atoms with Gasteiger partial charge in [0.1, 0.15) is 18.4 Å². The van der Waals surface area contributed by atoms with Crippen LogP contribution < -0.4 is 15.5 Å². The minimum absolute atomic E-state index is 0.318. The second-order valence-corrected chi connectivity index (χ2v) is 5.04. The first-order valence-electron chi connectivity index (χ1n) is 7.38. The molecule has 0 radical (unpaired) electrons. The Morgan fingerprint density at radius 3 is 2.32 bits per heavy atom. The van der Waals surface area contributed by atoms with Gasteiger partial charge in [0.2, 0.25) is 0 Å². The topological polar surface area (TPSA) is 98.1 Å². The summed E-state index contributed by atoms with van der Waals surface area (Å²) in [5.41, 5.74) is 3.76. The first kappa shape index (κ1) is 16.2. The number of benzene rings is 2. The van der Waals surface area contributed by atoms with E-state index >= 15 is 0 Å². The van der Waals surface area contributed by atoms with Crippen molar-refractivity contribution >= 4 is 17.5 Å². The summed E-state index contributed by atoms with van der Waals surface area (Å²) >= 11 is 0. The summed E-state index contributed by atoms with van der Waals surface area (Å²) in [6.45, 7) is 0. The Morgan fingerprint density at radius 2 is 1.64 bits per heavy atom. The summed E-state index contributed by atoms with van der Waals surface area (Å²) in [5.74, 6) is -0.0668. The third-order valence-corrected chi connectivity index (χ3v) is 3.42. The number of carbonyl (C=O) groups is 2. The van der Waals surface area contributed by atoms with Crippen LogP contribution in [-0.2, 0) is 0 Å². The standard InChI is InChI=1S/C17H15N5O3/c1-25-13-8-6-12(7-9-13)16(23)20-15-5-3-2-4-14(15)17(24)21-22-10-18-19-11-22/h2-11H,1H3,(H,20,23)(H,21,24). The maximum Gasteiger partial charge on any atom is 0.272 e. The highest BCUT2D eigenvalue weighted by Crippen LogP contribution is 2.18. The molecule has 2 N–H and O–H groups in total. The number of hydrogen-bond acceptors (Lipinski definition) is 5. The molecular weight excluding hydrogens is 322 g/mol. The first-order chi connectivity index (χ1) is 12.2. The third-order valence-electron chi connectivity index (χ3n) is 3.42. The molecule has 2 amide bonds. The Bertz CT molecular complexity index is 876. The summed E-state index contributed by atoms with van der Waals surface area (Å²) in [7, 11) is 1.56. The van der Waals surface area contributed by atoms with Crippen molar-refractivity contribution in [2.75, 3.05) is 17.9 Å². The number of aromatic nitrogens is 3. The molecule has 0 unspecified atom stereocenters. The molecule has 0 spiro atoms. The molecule has 1 heterocycles. The van der Waals surface area contributed by atoms with Crippen LogP contribution >= 0.6 is 0 Å². The largest absolute Gasteiger partial charge is 0.497 e. The molecular formula is C17H15N5O3. The number of rotatable bonds is 5. The van der Waals surface area contributed by atoms with E-state index in [2.05, 4.69) is 20.9 Å². The molecule has 0 aliphatic carbocycles. The summed E-state index contributed by atoms with van der Waals surface area (Å²) in [6, 6.07) is 13.4. The lowest BCUT2D eigenvalue weighted by atomic mass is 10.1. The van der Waals surface area contributed by atoms with E-state index in [4.69, 9.17) is 4.74 Å². The second kappa shape index (κ2) is 7.26. The lowest BCUT2D eigenvalue weighted by molar-refractivity contribution is 0.101. The van der Waals surface area contributed by atoms with Gasteiger partial charge in [-0.25, -0.2) is 4.68 Å². The van der Waals surface area contributed by atoms with Crippen LogP contribution in [0.5, 0.6) is 5.75 Å². The lowest BCUT2D eigenvalue weighted by Crippen LogP contribution is -2.23. The zero-order chi connectivity index (χ0) is 17.6. The van der Waals surface area contributed by atoms with Gasteiger partial charge < -0.3 is 10.1 Å². The summed E-state index contributed by atoms with van der Waals surface area (Å²) in [6.07, 6.45) is 2.72. The maximum absolute atomic E-state index is 12.4. The lowest BCUT2D eigenvalue weighted by Gasteiger charge is -2.11. The van der Waals surface area contributed by atoms with Crippen molar-refractivity contribution in [2.45, 2.75) is 0 Å². The Morgan fingerprint density at radius 1 is 0.960 bits per heavy atom. The van der Waals surface area contributed by atoms with Gasteiger partial charge in [0.05, 0.1) is 18.4 Å².